The first kappa shape index (κ1) is 9.77. The van der Waals surface area contributed by atoms with Gasteiger partial charge in [0.25, 0.3) is 0 Å². The Balaban J connectivity index is 2.41. The normalized spacial score (nSPS) is 36.4. The maximum absolute atomic E-state index is 5.80. The standard InChI is InChI=1S/C7H17N2O3P/c1-8-4-5-9(2)13(8,10-3)11-6-7-12-13/h4-7H2,1-3H3. The van der Waals surface area contributed by atoms with Crippen LogP contribution < -0.4 is 0 Å². The third-order valence-electron chi connectivity index (χ3n) is 2.91. The Morgan fingerprint density at radius 3 is 1.92 bits per heavy atom. The number of likely N-dealkylation sites (N-methyl/N-ethyl adjacent to an activating group) is 2. The van der Waals surface area contributed by atoms with Crippen LogP contribution in [0.3, 0.4) is 0 Å². The summed E-state index contributed by atoms with van der Waals surface area (Å²) in [6.07, 6.45) is 0. The Bertz CT molecular complexity index is 206. The molecule has 0 radical (unpaired) electrons. The summed E-state index contributed by atoms with van der Waals surface area (Å²) >= 11 is 0. The van der Waals surface area contributed by atoms with Crippen LogP contribution in [0.1, 0.15) is 0 Å². The molecule has 0 amide bonds. The summed E-state index contributed by atoms with van der Waals surface area (Å²) in [4.78, 5) is 0. The van der Waals surface area contributed by atoms with Crippen LogP contribution in [0.25, 0.3) is 0 Å². The second-order valence-electron chi connectivity index (χ2n) is 3.41. The Kier molecular flexibility index (Phi) is 2.15. The van der Waals surface area contributed by atoms with Gasteiger partial charge < -0.3 is 0 Å². The topological polar surface area (TPSA) is 34.2 Å². The third-order valence-corrected chi connectivity index (χ3v) is 7.47. The molecule has 5 nitrogen and oxygen atoms in total. The van der Waals surface area contributed by atoms with E-state index in [0.717, 1.165) is 13.1 Å². The molecular formula is C7H17N2O3P. The van der Waals surface area contributed by atoms with E-state index >= 15 is 0 Å². The zero-order valence-corrected chi connectivity index (χ0v) is 9.29. The van der Waals surface area contributed by atoms with Crippen LogP contribution in [-0.4, -0.2) is 56.8 Å². The SMILES string of the molecule is COP12(OCCO1)N(C)CCN2C. The predicted octanol–water partition coefficient (Wildman–Crippen LogP) is 0.685. The molecule has 0 unspecified atom stereocenters. The minimum absolute atomic E-state index is 0.625. The Morgan fingerprint density at radius 2 is 1.54 bits per heavy atom. The van der Waals surface area contributed by atoms with Gasteiger partial charge in [-0.15, -0.1) is 0 Å². The van der Waals surface area contributed by atoms with E-state index in [4.69, 9.17) is 13.6 Å². The van der Waals surface area contributed by atoms with Gasteiger partial charge in [0.1, 0.15) is 0 Å². The van der Waals surface area contributed by atoms with Crippen molar-refractivity contribution >= 4 is 7.59 Å². The molecule has 1 spiro atoms. The summed E-state index contributed by atoms with van der Waals surface area (Å²) in [6, 6.07) is 0. The van der Waals surface area contributed by atoms with E-state index in [1.165, 1.54) is 0 Å². The second kappa shape index (κ2) is 2.86. The molecule has 2 rings (SSSR count). The predicted molar refractivity (Wildman–Crippen MR) is 51.1 cm³/mol. The molecule has 0 aromatic rings. The molecule has 0 aromatic heterocycles. The summed E-state index contributed by atoms with van der Waals surface area (Å²) in [6.45, 7) is 3.12. The van der Waals surface area contributed by atoms with Gasteiger partial charge in [0, 0.05) is 0 Å². The number of hydrogen-bond acceptors (Lipinski definition) is 5. The van der Waals surface area contributed by atoms with Crippen molar-refractivity contribution in [3.8, 4) is 0 Å². The third kappa shape index (κ3) is 0.975. The van der Waals surface area contributed by atoms with Gasteiger partial charge in [-0.3, -0.25) is 0 Å². The molecule has 2 aliphatic heterocycles. The van der Waals surface area contributed by atoms with Crippen LogP contribution in [-0.2, 0) is 13.6 Å². The molecule has 0 atom stereocenters. The Hall–Kier alpha value is 0.230. The summed E-state index contributed by atoms with van der Waals surface area (Å²) in [7, 11) is 2.65. The minimum atomic E-state index is -3.01. The molecule has 13 heavy (non-hydrogen) atoms. The van der Waals surface area contributed by atoms with E-state index in [0.29, 0.717) is 13.2 Å². The van der Waals surface area contributed by atoms with Crippen molar-refractivity contribution in [1.82, 2.24) is 9.34 Å². The van der Waals surface area contributed by atoms with E-state index in [-0.39, 0.29) is 0 Å². The van der Waals surface area contributed by atoms with E-state index < -0.39 is 7.59 Å². The van der Waals surface area contributed by atoms with Crippen molar-refractivity contribution in [2.24, 2.45) is 0 Å². The number of rotatable bonds is 1. The van der Waals surface area contributed by atoms with Gasteiger partial charge in [-0.1, -0.05) is 0 Å². The van der Waals surface area contributed by atoms with E-state index in [1.807, 2.05) is 14.1 Å². The molecule has 2 fully saturated rings. The maximum atomic E-state index is 5.80. The van der Waals surface area contributed by atoms with Crippen LogP contribution in [0.4, 0.5) is 0 Å². The van der Waals surface area contributed by atoms with Gasteiger partial charge in [0.15, 0.2) is 0 Å². The van der Waals surface area contributed by atoms with E-state index in [2.05, 4.69) is 9.34 Å². The van der Waals surface area contributed by atoms with Gasteiger partial charge in [-0.05, 0) is 0 Å². The second-order valence-corrected chi connectivity index (χ2v) is 7.27. The van der Waals surface area contributed by atoms with E-state index in [9.17, 15) is 0 Å². The first-order chi connectivity index (χ1) is 6.14. The summed E-state index contributed by atoms with van der Waals surface area (Å²) in [5.74, 6) is 0. The molecular weight excluding hydrogens is 191 g/mol. The summed E-state index contributed by atoms with van der Waals surface area (Å²) in [5, 5.41) is 0. The fourth-order valence-electron chi connectivity index (χ4n) is 2.09. The molecule has 0 aromatic carbocycles. The van der Waals surface area contributed by atoms with E-state index in [1.54, 1.807) is 7.11 Å². The molecule has 0 saturated carbocycles. The summed E-state index contributed by atoms with van der Waals surface area (Å²) < 4.78 is 21.4. The zero-order valence-electron chi connectivity index (χ0n) is 8.39. The molecule has 6 heteroatoms. The number of hydrogen-bond donors (Lipinski definition) is 0. The average molecular weight is 208 g/mol. The Labute approximate surface area is 78.8 Å². The van der Waals surface area contributed by atoms with Crippen molar-refractivity contribution in [3.63, 3.8) is 0 Å². The Morgan fingerprint density at radius 1 is 1.08 bits per heavy atom. The molecule has 0 aliphatic carbocycles. The fraction of sp³-hybridized carbons (Fsp3) is 1.00. The molecule has 2 saturated heterocycles. The van der Waals surface area contributed by atoms with Gasteiger partial charge >= 0.3 is 78.0 Å². The quantitative estimate of drug-likeness (QED) is 0.592. The molecule has 2 aliphatic rings. The van der Waals surface area contributed by atoms with Crippen molar-refractivity contribution in [2.45, 2.75) is 0 Å². The van der Waals surface area contributed by atoms with Gasteiger partial charge in [0.05, 0.1) is 0 Å². The molecule has 78 valence electrons. The van der Waals surface area contributed by atoms with Crippen LogP contribution in [0, 0.1) is 0 Å². The molecule has 2 heterocycles. The van der Waals surface area contributed by atoms with Crippen molar-refractivity contribution < 1.29 is 13.6 Å². The van der Waals surface area contributed by atoms with Crippen molar-refractivity contribution in [2.75, 3.05) is 47.5 Å². The zero-order chi connectivity index (χ0) is 9.55. The van der Waals surface area contributed by atoms with Crippen LogP contribution in [0.2, 0.25) is 0 Å². The van der Waals surface area contributed by atoms with Crippen LogP contribution in [0.5, 0.6) is 0 Å². The average Bonchev–Trinajstić information content (AvgIpc) is 2.69. The van der Waals surface area contributed by atoms with Crippen LogP contribution >= 0.6 is 7.59 Å². The summed E-state index contributed by atoms with van der Waals surface area (Å²) in [5.41, 5.74) is 0. The van der Waals surface area contributed by atoms with Crippen LogP contribution in [0.15, 0.2) is 0 Å². The monoisotopic (exact) mass is 208 g/mol. The molecule has 0 N–H and O–H groups in total. The van der Waals surface area contributed by atoms with Crippen molar-refractivity contribution in [1.29, 1.82) is 0 Å². The first-order valence-electron chi connectivity index (χ1n) is 4.46. The van der Waals surface area contributed by atoms with Crippen molar-refractivity contribution in [3.05, 3.63) is 0 Å². The fourth-order valence-corrected chi connectivity index (χ4v) is 5.86. The van der Waals surface area contributed by atoms with Gasteiger partial charge in [-0.2, -0.15) is 0 Å². The van der Waals surface area contributed by atoms with Gasteiger partial charge in [0.2, 0.25) is 0 Å². The number of nitrogens with zero attached hydrogens (tertiary/aromatic N) is 2. The first-order valence-corrected chi connectivity index (χ1v) is 6.36. The van der Waals surface area contributed by atoms with Gasteiger partial charge in [-0.25, -0.2) is 0 Å². The molecule has 0 bridgehead atoms.